The van der Waals surface area contributed by atoms with Gasteiger partial charge in [-0.25, -0.2) is 17.6 Å². The molecule has 0 spiro atoms. The molecule has 0 radical (unpaired) electrons. The number of hydrogen-bond donors (Lipinski definition) is 2. The Hall–Kier alpha value is -2.74. The summed E-state index contributed by atoms with van der Waals surface area (Å²) in [6.45, 7) is 0. The number of nitrogens with zero attached hydrogens (tertiary/aromatic N) is 3. The van der Waals surface area contributed by atoms with E-state index < -0.39 is 39.2 Å². The predicted octanol–water partition coefficient (Wildman–Crippen LogP) is 2.19. The van der Waals surface area contributed by atoms with Crippen molar-refractivity contribution >= 4 is 27.2 Å². The van der Waals surface area contributed by atoms with Crippen molar-refractivity contribution in [1.29, 1.82) is 0 Å². The van der Waals surface area contributed by atoms with E-state index >= 15 is 0 Å². The minimum absolute atomic E-state index is 0.0697. The van der Waals surface area contributed by atoms with Gasteiger partial charge in [0.2, 0.25) is 0 Å². The quantitative estimate of drug-likeness (QED) is 0.625. The maximum Gasteiger partial charge on any atom is 0.433 e. The van der Waals surface area contributed by atoms with Crippen LogP contribution in [0, 0.1) is 5.82 Å². The van der Waals surface area contributed by atoms with Gasteiger partial charge in [0.15, 0.2) is 11.6 Å². The summed E-state index contributed by atoms with van der Waals surface area (Å²) < 4.78 is 79.0. The second-order valence-electron chi connectivity index (χ2n) is 5.17. The van der Waals surface area contributed by atoms with Crippen LogP contribution < -0.4 is 10.4 Å². The molecule has 0 aliphatic rings. The van der Waals surface area contributed by atoms with Crippen molar-refractivity contribution in [3.8, 4) is 10.6 Å². The third-order valence-corrected chi connectivity index (χ3v) is 6.22. The molecule has 3 rings (SSSR count). The fourth-order valence-corrected chi connectivity index (χ4v) is 4.38. The molecule has 0 aromatic carbocycles. The maximum atomic E-state index is 13.6. The third-order valence-electron chi connectivity index (χ3n) is 3.27. The van der Waals surface area contributed by atoms with Gasteiger partial charge in [-0.2, -0.15) is 23.3 Å². The van der Waals surface area contributed by atoms with Crippen molar-refractivity contribution in [2.24, 2.45) is 7.05 Å². The van der Waals surface area contributed by atoms with Crippen molar-refractivity contribution in [3.63, 3.8) is 0 Å². The summed E-state index contributed by atoms with van der Waals surface area (Å²) in [5, 5.41) is 3.73. The highest BCUT2D eigenvalue weighted by Gasteiger charge is 2.35. The zero-order valence-electron chi connectivity index (χ0n) is 13.2. The molecule has 27 heavy (non-hydrogen) atoms. The number of alkyl halides is 3. The summed E-state index contributed by atoms with van der Waals surface area (Å²) in [7, 11) is -3.18. The van der Waals surface area contributed by atoms with Gasteiger partial charge < -0.3 is 0 Å². The average molecular weight is 423 g/mol. The van der Waals surface area contributed by atoms with Crippen molar-refractivity contribution in [2.45, 2.75) is 10.4 Å². The van der Waals surface area contributed by atoms with Gasteiger partial charge in [-0.15, -0.1) is 11.3 Å². The van der Waals surface area contributed by atoms with Gasteiger partial charge in [0.05, 0.1) is 11.1 Å². The van der Waals surface area contributed by atoms with Crippen LogP contribution in [0.25, 0.3) is 10.6 Å². The lowest BCUT2D eigenvalue weighted by Crippen LogP contribution is -2.19. The van der Waals surface area contributed by atoms with Crippen LogP contribution in [0.4, 0.5) is 23.4 Å². The van der Waals surface area contributed by atoms with E-state index in [4.69, 9.17) is 0 Å². The van der Waals surface area contributed by atoms with Gasteiger partial charge in [0.1, 0.15) is 15.6 Å². The topological polar surface area (TPSA) is 110 Å². The van der Waals surface area contributed by atoms with Crippen LogP contribution >= 0.6 is 11.3 Å². The number of anilines is 1. The first-order valence-corrected chi connectivity index (χ1v) is 9.26. The standard InChI is InChI=1S/C13H9F4N5O3S2/c1-22-9(13(15,16)17)4-7(20-22)8-2-3-10(26-8)27(24,25)21-11-6(14)5-18-12(23)19-11/h2-5H,1H3,(H2,18,19,21,23). The smallest absolute Gasteiger partial charge is 0.289 e. The number of aromatic nitrogens is 4. The fraction of sp³-hybridized carbons (Fsp3) is 0.154. The first-order valence-electron chi connectivity index (χ1n) is 6.96. The monoisotopic (exact) mass is 423 g/mol. The van der Waals surface area contributed by atoms with E-state index in [1.54, 1.807) is 0 Å². The van der Waals surface area contributed by atoms with Gasteiger partial charge in [0.25, 0.3) is 10.0 Å². The minimum atomic E-state index is -4.61. The number of sulfonamides is 1. The predicted molar refractivity (Wildman–Crippen MR) is 87.1 cm³/mol. The summed E-state index contributed by atoms with van der Waals surface area (Å²) in [5.74, 6) is -1.81. The molecule has 0 fully saturated rings. The highest BCUT2D eigenvalue weighted by atomic mass is 32.2. The number of hydrogen-bond acceptors (Lipinski definition) is 6. The highest BCUT2D eigenvalue weighted by molar-refractivity contribution is 7.94. The lowest BCUT2D eigenvalue weighted by molar-refractivity contribution is -0.143. The molecule has 0 amide bonds. The number of thiophene rings is 1. The molecule has 0 bridgehead atoms. The molecule has 3 aromatic heterocycles. The van der Waals surface area contributed by atoms with Crippen LogP contribution in [0.15, 0.2) is 33.4 Å². The molecule has 0 aliphatic heterocycles. The van der Waals surface area contributed by atoms with E-state index in [1.807, 2.05) is 9.71 Å². The molecule has 0 aliphatic carbocycles. The minimum Gasteiger partial charge on any atom is -0.289 e. The van der Waals surface area contributed by atoms with Gasteiger partial charge in [-0.3, -0.25) is 14.4 Å². The van der Waals surface area contributed by atoms with Gasteiger partial charge in [0, 0.05) is 7.05 Å². The van der Waals surface area contributed by atoms with E-state index in [0.29, 0.717) is 22.2 Å². The first-order chi connectivity index (χ1) is 12.5. The van der Waals surface area contributed by atoms with Crippen molar-refractivity contribution in [3.05, 3.63) is 46.4 Å². The van der Waals surface area contributed by atoms with Crippen LogP contribution in [0.5, 0.6) is 0 Å². The summed E-state index contributed by atoms with van der Waals surface area (Å²) in [6, 6.07) is 3.19. The Morgan fingerprint density at radius 3 is 2.63 bits per heavy atom. The van der Waals surface area contributed by atoms with Crippen LogP contribution in [0.2, 0.25) is 0 Å². The molecular formula is C13H9F4N5O3S2. The number of H-pyrrole nitrogens is 1. The second-order valence-corrected chi connectivity index (χ2v) is 8.16. The van der Waals surface area contributed by atoms with E-state index in [0.717, 1.165) is 19.2 Å². The molecule has 0 atom stereocenters. The normalized spacial score (nSPS) is 12.3. The number of aromatic amines is 1. The average Bonchev–Trinajstić information content (AvgIpc) is 3.17. The lowest BCUT2D eigenvalue weighted by Gasteiger charge is -2.05. The molecular weight excluding hydrogens is 414 g/mol. The van der Waals surface area contributed by atoms with Crippen LogP contribution in [-0.4, -0.2) is 28.2 Å². The van der Waals surface area contributed by atoms with Gasteiger partial charge in [-0.1, -0.05) is 0 Å². The zero-order valence-corrected chi connectivity index (χ0v) is 14.8. The van der Waals surface area contributed by atoms with Crippen LogP contribution in [0.3, 0.4) is 0 Å². The molecule has 0 saturated carbocycles. The largest absolute Gasteiger partial charge is 0.433 e. The van der Waals surface area contributed by atoms with Gasteiger partial charge >= 0.3 is 11.9 Å². The number of nitrogens with one attached hydrogen (secondary N) is 2. The molecule has 0 saturated heterocycles. The summed E-state index contributed by atoms with van der Waals surface area (Å²) in [6.07, 6.45) is -4.07. The highest BCUT2D eigenvalue weighted by Crippen LogP contribution is 2.35. The molecule has 3 heterocycles. The Bertz CT molecular complexity index is 1160. The Balaban J connectivity index is 1.93. The molecule has 8 nitrogen and oxygen atoms in total. The van der Waals surface area contributed by atoms with E-state index in [-0.39, 0.29) is 14.8 Å². The van der Waals surface area contributed by atoms with Crippen LogP contribution in [-0.2, 0) is 23.2 Å². The number of halogens is 4. The molecule has 0 unspecified atom stereocenters. The van der Waals surface area contributed by atoms with Crippen LogP contribution in [0.1, 0.15) is 5.69 Å². The van der Waals surface area contributed by atoms with Crippen molar-refractivity contribution in [1.82, 2.24) is 19.7 Å². The summed E-state index contributed by atoms with van der Waals surface area (Å²) in [5.41, 5.74) is -2.03. The van der Waals surface area contributed by atoms with Crippen molar-refractivity contribution < 1.29 is 26.0 Å². The molecule has 14 heteroatoms. The van der Waals surface area contributed by atoms with E-state index in [9.17, 15) is 30.8 Å². The lowest BCUT2D eigenvalue weighted by atomic mass is 10.3. The SMILES string of the molecule is Cn1nc(-c2ccc(S(=O)(=O)Nc3[nH]c(=O)ncc3F)s2)cc1C(F)(F)F. The van der Waals surface area contributed by atoms with Crippen molar-refractivity contribution in [2.75, 3.05) is 4.72 Å². The Kier molecular flexibility index (Phi) is 4.55. The molecule has 144 valence electrons. The Morgan fingerprint density at radius 1 is 1.30 bits per heavy atom. The first kappa shape index (κ1) is 19.0. The van der Waals surface area contributed by atoms with E-state index in [1.165, 1.54) is 6.07 Å². The zero-order chi connectivity index (χ0) is 20.0. The second kappa shape index (κ2) is 6.45. The molecule has 3 aromatic rings. The Morgan fingerprint density at radius 2 is 2.00 bits per heavy atom. The van der Waals surface area contributed by atoms with E-state index in [2.05, 4.69) is 10.1 Å². The number of rotatable bonds is 4. The number of aryl methyl sites for hydroxylation is 1. The third kappa shape index (κ3) is 3.85. The summed E-state index contributed by atoms with van der Waals surface area (Å²) >= 11 is 0.631. The maximum absolute atomic E-state index is 13.6. The summed E-state index contributed by atoms with van der Waals surface area (Å²) in [4.78, 5) is 16.3. The van der Waals surface area contributed by atoms with Gasteiger partial charge in [-0.05, 0) is 18.2 Å². The molecule has 2 N–H and O–H groups in total. The fourth-order valence-electron chi connectivity index (χ4n) is 2.09. The Labute approximate surface area is 152 Å².